The summed E-state index contributed by atoms with van der Waals surface area (Å²) >= 11 is 0. The molecule has 2 heterocycles. The Morgan fingerprint density at radius 1 is 1.28 bits per heavy atom. The highest BCUT2D eigenvalue weighted by Crippen LogP contribution is 2.40. The Balaban J connectivity index is 1.99. The van der Waals surface area contributed by atoms with Gasteiger partial charge in [-0.1, -0.05) is 0 Å². The van der Waals surface area contributed by atoms with Gasteiger partial charge in [-0.15, -0.1) is 0 Å². The van der Waals surface area contributed by atoms with Crippen LogP contribution in [0.3, 0.4) is 0 Å². The van der Waals surface area contributed by atoms with Crippen LogP contribution in [-0.4, -0.2) is 47.7 Å². The van der Waals surface area contributed by atoms with Crippen LogP contribution in [0, 0.1) is 0 Å². The van der Waals surface area contributed by atoms with Gasteiger partial charge in [0.2, 0.25) is 5.71 Å². The minimum Gasteiger partial charge on any atom is -0.496 e. The third-order valence-electron chi connectivity index (χ3n) is 4.37. The summed E-state index contributed by atoms with van der Waals surface area (Å²) in [5.74, 6) is 1.79. The Hall–Kier alpha value is -2.25. The number of aliphatic hydroxyl groups excluding tert-OH is 1. The average molecular weight is 349 g/mol. The Kier molecular flexibility index (Phi) is 4.62. The zero-order valence-electron chi connectivity index (χ0n) is 14.8. The van der Waals surface area contributed by atoms with Gasteiger partial charge in [0.15, 0.2) is 5.76 Å². The van der Waals surface area contributed by atoms with Crippen molar-refractivity contribution >= 4 is 16.9 Å². The Morgan fingerprint density at radius 3 is 2.68 bits per heavy atom. The summed E-state index contributed by atoms with van der Waals surface area (Å²) in [6.07, 6.45) is 1.79. The normalized spacial score (nSPS) is 15.9. The highest BCUT2D eigenvalue weighted by molar-refractivity contribution is 5.86. The molecule has 136 valence electrons. The number of aliphatic hydroxyl groups is 2. The second-order valence-electron chi connectivity index (χ2n) is 6.55. The Labute approximate surface area is 145 Å². The van der Waals surface area contributed by atoms with Crippen molar-refractivity contribution in [3.05, 3.63) is 29.3 Å². The van der Waals surface area contributed by atoms with E-state index in [-0.39, 0.29) is 6.61 Å². The smallest absolute Gasteiger partial charge is 0.230 e. The van der Waals surface area contributed by atoms with Crippen LogP contribution in [0.25, 0.3) is 16.9 Å². The number of ether oxygens (including phenoxy) is 3. The second-order valence-corrected chi connectivity index (χ2v) is 6.55. The van der Waals surface area contributed by atoms with Crippen molar-refractivity contribution in [2.45, 2.75) is 38.4 Å². The van der Waals surface area contributed by atoms with Crippen LogP contribution in [0.4, 0.5) is 0 Å². The van der Waals surface area contributed by atoms with Crippen LogP contribution in [0.1, 0.15) is 31.5 Å². The maximum Gasteiger partial charge on any atom is 0.230 e. The molecule has 0 fully saturated rings. The molecule has 0 aliphatic heterocycles. The van der Waals surface area contributed by atoms with Crippen molar-refractivity contribution in [3.8, 4) is 5.75 Å². The van der Waals surface area contributed by atoms with Crippen molar-refractivity contribution in [3.63, 3.8) is 0 Å². The summed E-state index contributed by atoms with van der Waals surface area (Å²) in [5.41, 5.74) is 0.759. The van der Waals surface area contributed by atoms with Gasteiger partial charge in [0, 0.05) is 12.0 Å². The SMILES string of the molecule is COC1=C(OC[C@@H](O)C(C)(C)O)CCc2c1nc1occc1c2OC. The predicted octanol–water partition coefficient (Wildman–Crippen LogP) is 2.25. The number of methoxy groups -OCH3 is 2. The molecule has 0 saturated carbocycles. The van der Waals surface area contributed by atoms with Crippen LogP contribution in [-0.2, 0) is 15.9 Å². The molecule has 1 aliphatic rings. The average Bonchev–Trinajstić information content (AvgIpc) is 3.04. The number of furan rings is 1. The molecule has 3 rings (SSSR count). The summed E-state index contributed by atoms with van der Waals surface area (Å²) in [5, 5.41) is 20.6. The highest BCUT2D eigenvalue weighted by atomic mass is 16.5. The molecule has 0 unspecified atom stereocenters. The number of nitrogens with zero attached hydrogens (tertiary/aromatic N) is 1. The summed E-state index contributed by atoms with van der Waals surface area (Å²) in [6.45, 7) is 3.02. The lowest BCUT2D eigenvalue weighted by atomic mass is 9.96. The molecule has 2 N–H and O–H groups in total. The number of fused-ring (bicyclic) bond motifs is 2. The molecular formula is C18H23NO6. The first-order chi connectivity index (χ1) is 11.9. The van der Waals surface area contributed by atoms with Crippen LogP contribution in [0.15, 0.2) is 22.5 Å². The standard InChI is InChI=1S/C18H23NO6/c1-18(2,21)13(20)9-25-12-6-5-10-14(16(12)23-4)19-17-11(7-8-24-17)15(10)22-3/h7-8,13,20-21H,5-6,9H2,1-4H3/t13-/m1/s1. The second kappa shape index (κ2) is 6.57. The monoisotopic (exact) mass is 349 g/mol. The molecule has 0 saturated heterocycles. The Bertz CT molecular complexity index is 802. The molecule has 1 atom stereocenters. The van der Waals surface area contributed by atoms with Crippen LogP contribution in [0.2, 0.25) is 0 Å². The molecule has 7 nitrogen and oxygen atoms in total. The van der Waals surface area contributed by atoms with Crippen molar-refractivity contribution in [1.29, 1.82) is 0 Å². The minimum absolute atomic E-state index is 0.0405. The van der Waals surface area contributed by atoms with E-state index < -0.39 is 11.7 Å². The maximum atomic E-state index is 9.98. The largest absolute Gasteiger partial charge is 0.496 e. The van der Waals surface area contributed by atoms with Crippen LogP contribution in [0.5, 0.6) is 5.75 Å². The number of hydrogen-bond acceptors (Lipinski definition) is 7. The third-order valence-corrected chi connectivity index (χ3v) is 4.37. The van der Waals surface area contributed by atoms with Crippen molar-refractivity contribution in [1.82, 2.24) is 4.98 Å². The number of pyridine rings is 1. The zero-order valence-corrected chi connectivity index (χ0v) is 14.8. The van der Waals surface area contributed by atoms with Crippen LogP contribution >= 0.6 is 0 Å². The van der Waals surface area contributed by atoms with Gasteiger partial charge in [-0.3, -0.25) is 0 Å². The molecule has 1 aliphatic carbocycles. The number of aromatic nitrogens is 1. The van der Waals surface area contributed by atoms with E-state index in [1.807, 2.05) is 6.07 Å². The lowest BCUT2D eigenvalue weighted by molar-refractivity contribution is -0.0770. The Morgan fingerprint density at radius 2 is 2.04 bits per heavy atom. The quantitative estimate of drug-likeness (QED) is 0.826. The highest BCUT2D eigenvalue weighted by Gasteiger charge is 2.30. The number of rotatable bonds is 6. The molecule has 0 aromatic carbocycles. The van der Waals surface area contributed by atoms with Gasteiger partial charge in [-0.2, -0.15) is 0 Å². The lowest BCUT2D eigenvalue weighted by Crippen LogP contribution is -2.39. The van der Waals surface area contributed by atoms with Gasteiger partial charge in [0.05, 0.1) is 31.5 Å². The van der Waals surface area contributed by atoms with E-state index >= 15 is 0 Å². The van der Waals surface area contributed by atoms with E-state index in [0.717, 1.165) is 16.7 Å². The van der Waals surface area contributed by atoms with Gasteiger partial charge >= 0.3 is 0 Å². The first kappa shape index (κ1) is 17.6. The minimum atomic E-state index is -1.25. The van der Waals surface area contributed by atoms with Gasteiger partial charge in [0.25, 0.3) is 0 Å². The summed E-state index contributed by atoms with van der Waals surface area (Å²) in [6, 6.07) is 1.82. The third kappa shape index (κ3) is 3.17. The molecule has 0 amide bonds. The molecular weight excluding hydrogens is 326 g/mol. The van der Waals surface area contributed by atoms with E-state index in [9.17, 15) is 10.2 Å². The fourth-order valence-electron chi connectivity index (χ4n) is 2.87. The fourth-order valence-corrected chi connectivity index (χ4v) is 2.87. The van der Waals surface area contributed by atoms with E-state index in [1.54, 1.807) is 20.5 Å². The summed E-state index contributed by atoms with van der Waals surface area (Å²) in [7, 11) is 3.16. The maximum absolute atomic E-state index is 9.98. The topological polar surface area (TPSA) is 94.2 Å². The molecule has 7 heteroatoms. The van der Waals surface area contributed by atoms with Crippen LogP contribution < -0.4 is 4.74 Å². The van der Waals surface area contributed by atoms with Gasteiger partial charge in [-0.25, -0.2) is 4.98 Å². The summed E-state index contributed by atoms with van der Waals surface area (Å²) < 4.78 is 22.2. The molecule has 2 aromatic rings. The molecule has 0 radical (unpaired) electrons. The van der Waals surface area contributed by atoms with Crippen molar-refractivity contribution in [2.75, 3.05) is 20.8 Å². The molecule has 0 bridgehead atoms. The lowest BCUT2D eigenvalue weighted by Gasteiger charge is -2.27. The zero-order chi connectivity index (χ0) is 18.2. The first-order valence-electron chi connectivity index (χ1n) is 8.11. The number of hydrogen-bond donors (Lipinski definition) is 2. The molecule has 2 aromatic heterocycles. The van der Waals surface area contributed by atoms with Gasteiger partial charge in [-0.05, 0) is 26.3 Å². The predicted molar refractivity (Wildman–Crippen MR) is 91.1 cm³/mol. The summed E-state index contributed by atoms with van der Waals surface area (Å²) in [4.78, 5) is 4.54. The first-order valence-corrected chi connectivity index (χ1v) is 8.11. The van der Waals surface area contributed by atoms with Crippen molar-refractivity contribution in [2.24, 2.45) is 0 Å². The van der Waals surface area contributed by atoms with E-state index in [0.29, 0.717) is 35.8 Å². The van der Waals surface area contributed by atoms with E-state index in [2.05, 4.69) is 4.98 Å². The molecule has 0 spiro atoms. The fraction of sp³-hybridized carbons (Fsp3) is 0.500. The van der Waals surface area contributed by atoms with E-state index in [1.165, 1.54) is 13.8 Å². The molecule has 25 heavy (non-hydrogen) atoms. The van der Waals surface area contributed by atoms with Gasteiger partial charge in [0.1, 0.15) is 29.9 Å². The van der Waals surface area contributed by atoms with E-state index in [4.69, 9.17) is 18.6 Å². The number of allylic oxidation sites excluding steroid dienone is 1. The van der Waals surface area contributed by atoms with Crippen molar-refractivity contribution < 1.29 is 28.8 Å². The van der Waals surface area contributed by atoms with Gasteiger partial charge < -0.3 is 28.8 Å².